The van der Waals surface area contributed by atoms with E-state index in [2.05, 4.69) is 9.68 Å². The van der Waals surface area contributed by atoms with Crippen molar-refractivity contribution in [2.24, 2.45) is 0 Å². The minimum Gasteiger partial charge on any atom is -0.396 e. The van der Waals surface area contributed by atoms with Crippen molar-refractivity contribution >= 4 is 0 Å². The average molecular weight is 127 g/mol. The fraction of sp³-hybridized carbons (Fsp3) is 0.500. The number of aliphatic hydroxyl groups is 1. The van der Waals surface area contributed by atoms with Gasteiger partial charge in [-0.2, -0.15) is 0 Å². The van der Waals surface area contributed by atoms with E-state index in [4.69, 9.17) is 5.11 Å². The Morgan fingerprint density at radius 1 is 1.67 bits per heavy atom. The molecule has 0 spiro atoms. The Balaban J connectivity index is 2.30. The van der Waals surface area contributed by atoms with Crippen molar-refractivity contribution in [3.8, 4) is 0 Å². The Hall–Kier alpha value is -0.830. The molecule has 50 valence electrons. The number of nitrogens with zero attached hydrogens (tertiary/aromatic N) is 1. The summed E-state index contributed by atoms with van der Waals surface area (Å²) in [5, 5.41) is 12.1. The summed E-state index contributed by atoms with van der Waals surface area (Å²) in [4.78, 5) is 0. The standard InChI is InChI=1S/C6H9NO2/c8-4-1-2-6-3-5-9-7-6/h3,5,8H,1-2,4H2. The van der Waals surface area contributed by atoms with Crippen LogP contribution in [0.4, 0.5) is 0 Å². The van der Waals surface area contributed by atoms with Crippen LogP contribution in [-0.2, 0) is 6.42 Å². The highest BCUT2D eigenvalue weighted by Crippen LogP contribution is 1.97. The number of hydrogen-bond donors (Lipinski definition) is 1. The SMILES string of the molecule is OCCCc1ccon1. The van der Waals surface area contributed by atoms with Crippen molar-refractivity contribution in [3.63, 3.8) is 0 Å². The van der Waals surface area contributed by atoms with Crippen molar-refractivity contribution in [1.82, 2.24) is 5.16 Å². The molecule has 0 amide bonds. The molecule has 0 aromatic carbocycles. The maximum absolute atomic E-state index is 8.41. The second kappa shape index (κ2) is 3.25. The van der Waals surface area contributed by atoms with Crippen LogP contribution >= 0.6 is 0 Å². The molecule has 0 radical (unpaired) electrons. The first kappa shape index (κ1) is 6.29. The van der Waals surface area contributed by atoms with Gasteiger partial charge >= 0.3 is 0 Å². The van der Waals surface area contributed by atoms with Gasteiger partial charge in [0, 0.05) is 12.7 Å². The number of hydrogen-bond acceptors (Lipinski definition) is 3. The van der Waals surface area contributed by atoms with E-state index in [-0.39, 0.29) is 6.61 Å². The van der Waals surface area contributed by atoms with Gasteiger partial charge in [0.05, 0.1) is 5.69 Å². The summed E-state index contributed by atoms with van der Waals surface area (Å²) >= 11 is 0. The molecule has 1 heterocycles. The van der Waals surface area contributed by atoms with Gasteiger partial charge in [0.25, 0.3) is 0 Å². The summed E-state index contributed by atoms with van der Waals surface area (Å²) in [6.07, 6.45) is 3.09. The zero-order valence-corrected chi connectivity index (χ0v) is 5.08. The summed E-state index contributed by atoms with van der Waals surface area (Å²) in [5.41, 5.74) is 0.907. The molecular formula is C6H9NO2. The summed E-state index contributed by atoms with van der Waals surface area (Å²) in [7, 11) is 0. The maximum Gasteiger partial charge on any atom is 0.124 e. The zero-order chi connectivity index (χ0) is 6.53. The summed E-state index contributed by atoms with van der Waals surface area (Å²) < 4.78 is 4.58. The van der Waals surface area contributed by atoms with Gasteiger partial charge in [-0.1, -0.05) is 5.16 Å². The molecule has 0 aliphatic heterocycles. The number of aromatic nitrogens is 1. The molecule has 0 atom stereocenters. The molecule has 0 saturated heterocycles. The smallest absolute Gasteiger partial charge is 0.124 e. The van der Waals surface area contributed by atoms with E-state index in [0.717, 1.165) is 18.5 Å². The van der Waals surface area contributed by atoms with Crippen molar-refractivity contribution in [2.45, 2.75) is 12.8 Å². The lowest BCUT2D eigenvalue weighted by Crippen LogP contribution is -1.88. The molecule has 3 nitrogen and oxygen atoms in total. The van der Waals surface area contributed by atoms with E-state index in [1.165, 1.54) is 6.26 Å². The predicted molar refractivity (Wildman–Crippen MR) is 31.9 cm³/mol. The first-order valence-corrected chi connectivity index (χ1v) is 2.93. The zero-order valence-electron chi connectivity index (χ0n) is 5.08. The highest BCUT2D eigenvalue weighted by Gasteiger charge is 1.93. The van der Waals surface area contributed by atoms with Crippen LogP contribution in [0.1, 0.15) is 12.1 Å². The molecule has 0 aliphatic carbocycles. The van der Waals surface area contributed by atoms with Gasteiger partial charge in [-0.3, -0.25) is 0 Å². The van der Waals surface area contributed by atoms with Crippen LogP contribution in [0.5, 0.6) is 0 Å². The lowest BCUT2D eigenvalue weighted by Gasteiger charge is -1.87. The third kappa shape index (κ3) is 1.85. The van der Waals surface area contributed by atoms with Crippen LogP contribution in [0.2, 0.25) is 0 Å². The van der Waals surface area contributed by atoms with Crippen LogP contribution in [0, 0.1) is 0 Å². The fourth-order valence-electron chi connectivity index (χ4n) is 0.627. The second-order valence-electron chi connectivity index (χ2n) is 1.82. The van der Waals surface area contributed by atoms with Gasteiger partial charge in [-0.05, 0) is 12.8 Å². The van der Waals surface area contributed by atoms with Crippen LogP contribution in [0.15, 0.2) is 16.9 Å². The van der Waals surface area contributed by atoms with Crippen molar-refractivity contribution in [1.29, 1.82) is 0 Å². The molecule has 3 heteroatoms. The van der Waals surface area contributed by atoms with Crippen molar-refractivity contribution in [3.05, 3.63) is 18.0 Å². The highest BCUT2D eigenvalue weighted by molar-refractivity contribution is 4.94. The quantitative estimate of drug-likeness (QED) is 0.646. The molecule has 1 aromatic heterocycles. The van der Waals surface area contributed by atoms with E-state index in [1.54, 1.807) is 6.07 Å². The molecular weight excluding hydrogens is 118 g/mol. The Bertz CT molecular complexity index is 148. The predicted octanol–water partition coefficient (Wildman–Crippen LogP) is 0.599. The first-order chi connectivity index (χ1) is 4.43. The van der Waals surface area contributed by atoms with Gasteiger partial charge in [-0.25, -0.2) is 0 Å². The molecule has 0 saturated carbocycles. The summed E-state index contributed by atoms with van der Waals surface area (Å²) in [6.45, 7) is 0.215. The molecule has 1 N–H and O–H groups in total. The summed E-state index contributed by atoms with van der Waals surface area (Å²) in [6, 6.07) is 1.80. The summed E-state index contributed by atoms with van der Waals surface area (Å²) in [5.74, 6) is 0. The third-order valence-corrected chi connectivity index (χ3v) is 1.08. The van der Waals surface area contributed by atoms with Crippen LogP contribution < -0.4 is 0 Å². The lowest BCUT2D eigenvalue weighted by molar-refractivity contribution is 0.287. The Kier molecular flexibility index (Phi) is 2.27. The number of aryl methyl sites for hydroxylation is 1. The molecule has 0 fully saturated rings. The van der Waals surface area contributed by atoms with Crippen LogP contribution in [-0.4, -0.2) is 16.9 Å². The van der Waals surface area contributed by atoms with Gasteiger partial charge < -0.3 is 9.63 Å². The first-order valence-electron chi connectivity index (χ1n) is 2.93. The topological polar surface area (TPSA) is 46.3 Å². The molecule has 1 aromatic rings. The number of rotatable bonds is 3. The Morgan fingerprint density at radius 3 is 3.11 bits per heavy atom. The second-order valence-corrected chi connectivity index (χ2v) is 1.82. The van der Waals surface area contributed by atoms with Crippen LogP contribution in [0.3, 0.4) is 0 Å². The minimum absolute atomic E-state index is 0.215. The van der Waals surface area contributed by atoms with Crippen molar-refractivity contribution < 1.29 is 9.63 Å². The van der Waals surface area contributed by atoms with Gasteiger partial charge in [-0.15, -0.1) is 0 Å². The van der Waals surface area contributed by atoms with Gasteiger partial charge in [0.1, 0.15) is 6.26 Å². The molecule has 0 aliphatic rings. The van der Waals surface area contributed by atoms with E-state index in [9.17, 15) is 0 Å². The normalized spacial score (nSPS) is 9.89. The van der Waals surface area contributed by atoms with Gasteiger partial charge in [0.2, 0.25) is 0 Å². The van der Waals surface area contributed by atoms with Gasteiger partial charge in [0.15, 0.2) is 0 Å². The molecule has 0 unspecified atom stereocenters. The third-order valence-electron chi connectivity index (χ3n) is 1.08. The molecule has 9 heavy (non-hydrogen) atoms. The van der Waals surface area contributed by atoms with E-state index >= 15 is 0 Å². The van der Waals surface area contributed by atoms with Crippen LogP contribution in [0.25, 0.3) is 0 Å². The van der Waals surface area contributed by atoms with E-state index in [1.807, 2.05) is 0 Å². The lowest BCUT2D eigenvalue weighted by atomic mass is 10.2. The highest BCUT2D eigenvalue weighted by atomic mass is 16.5. The maximum atomic E-state index is 8.41. The van der Waals surface area contributed by atoms with E-state index < -0.39 is 0 Å². The molecule has 1 rings (SSSR count). The Morgan fingerprint density at radius 2 is 2.56 bits per heavy atom. The average Bonchev–Trinajstić information content (AvgIpc) is 2.34. The van der Waals surface area contributed by atoms with E-state index in [0.29, 0.717) is 0 Å². The largest absolute Gasteiger partial charge is 0.396 e. The monoisotopic (exact) mass is 127 g/mol. The molecule has 0 bridgehead atoms. The number of aliphatic hydroxyl groups excluding tert-OH is 1. The fourth-order valence-corrected chi connectivity index (χ4v) is 0.627. The Labute approximate surface area is 53.3 Å². The minimum atomic E-state index is 0.215. The van der Waals surface area contributed by atoms with Crippen molar-refractivity contribution in [2.75, 3.05) is 6.61 Å².